The zero-order valence-electron chi connectivity index (χ0n) is 20.8. The van der Waals surface area contributed by atoms with E-state index in [-0.39, 0.29) is 12.7 Å². The second-order valence-corrected chi connectivity index (χ2v) is 11.0. The molecular weight excluding hydrogens is 438 g/mol. The third-order valence-electron chi connectivity index (χ3n) is 8.76. The van der Waals surface area contributed by atoms with Crippen molar-refractivity contribution in [2.24, 2.45) is 11.8 Å². The number of carbonyl (C=O) groups excluding carboxylic acids is 1. The molecule has 4 heterocycles. The fraction of sp³-hybridized carbons (Fsp3) is 0.621. The number of ether oxygens (including phenoxy) is 2. The van der Waals surface area contributed by atoms with Crippen molar-refractivity contribution in [3.8, 4) is 11.5 Å². The molecule has 6 rings (SSSR count). The molecule has 0 radical (unpaired) electrons. The van der Waals surface area contributed by atoms with Crippen LogP contribution in [0.2, 0.25) is 0 Å². The van der Waals surface area contributed by atoms with Gasteiger partial charge in [-0.1, -0.05) is 24.1 Å². The van der Waals surface area contributed by atoms with Crippen molar-refractivity contribution < 1.29 is 14.3 Å². The lowest BCUT2D eigenvalue weighted by Crippen LogP contribution is -2.59. The number of unbranched alkanes of at least 4 members (excludes halogenated alkanes) is 1. The molecule has 4 atom stereocenters. The first kappa shape index (κ1) is 23.1. The number of piperidine rings is 3. The molecule has 6 nitrogen and oxygen atoms in total. The van der Waals surface area contributed by atoms with Crippen molar-refractivity contribution in [1.82, 2.24) is 15.1 Å². The van der Waals surface area contributed by atoms with Crippen LogP contribution in [0.3, 0.4) is 0 Å². The summed E-state index contributed by atoms with van der Waals surface area (Å²) in [7, 11) is 0. The Kier molecular flexibility index (Phi) is 6.84. The van der Waals surface area contributed by atoms with Crippen LogP contribution in [0.4, 0.5) is 0 Å². The second-order valence-electron chi connectivity index (χ2n) is 11.0. The highest BCUT2D eigenvalue weighted by Gasteiger charge is 2.45. The van der Waals surface area contributed by atoms with Gasteiger partial charge in [0.2, 0.25) is 12.7 Å². The molecule has 0 spiro atoms. The Morgan fingerprint density at radius 2 is 2.06 bits per heavy atom. The maximum Gasteiger partial charge on any atom is 0.243 e. The molecule has 6 heteroatoms. The largest absolute Gasteiger partial charge is 0.454 e. The van der Waals surface area contributed by atoms with E-state index in [0.717, 1.165) is 60.9 Å². The van der Waals surface area contributed by atoms with Crippen molar-refractivity contribution in [2.75, 3.05) is 39.5 Å². The van der Waals surface area contributed by atoms with Crippen LogP contribution in [-0.2, 0) is 4.79 Å². The van der Waals surface area contributed by atoms with Gasteiger partial charge >= 0.3 is 0 Å². The predicted molar refractivity (Wildman–Crippen MR) is 137 cm³/mol. The van der Waals surface area contributed by atoms with Crippen LogP contribution in [0.15, 0.2) is 35.9 Å². The number of benzene rings is 1. The molecule has 3 fully saturated rings. The van der Waals surface area contributed by atoms with Crippen LogP contribution < -0.4 is 14.8 Å². The number of rotatable bonds is 7. The molecule has 1 amide bonds. The number of hydrogen-bond donors (Lipinski definition) is 1. The molecule has 1 aliphatic carbocycles. The summed E-state index contributed by atoms with van der Waals surface area (Å²) in [5, 5.41) is 3.05. The zero-order chi connectivity index (χ0) is 23.6. The van der Waals surface area contributed by atoms with Gasteiger partial charge in [0.1, 0.15) is 0 Å². The Balaban J connectivity index is 0.962. The zero-order valence-corrected chi connectivity index (χ0v) is 20.8. The first-order valence-corrected chi connectivity index (χ1v) is 13.8. The first-order chi connectivity index (χ1) is 17.2. The smallest absolute Gasteiger partial charge is 0.243 e. The van der Waals surface area contributed by atoms with Gasteiger partial charge in [0.05, 0.1) is 0 Å². The molecule has 35 heavy (non-hydrogen) atoms. The van der Waals surface area contributed by atoms with Crippen molar-refractivity contribution in [1.29, 1.82) is 0 Å². The summed E-state index contributed by atoms with van der Waals surface area (Å²) in [4.78, 5) is 17.9. The van der Waals surface area contributed by atoms with E-state index in [9.17, 15) is 4.79 Å². The molecule has 1 N–H and O–H groups in total. The maximum absolute atomic E-state index is 12.3. The van der Waals surface area contributed by atoms with Crippen LogP contribution in [0.1, 0.15) is 56.9 Å². The second kappa shape index (κ2) is 10.4. The fourth-order valence-electron chi connectivity index (χ4n) is 7.23. The average molecular weight is 478 g/mol. The number of carbonyl (C=O) groups is 1. The van der Waals surface area contributed by atoms with Gasteiger partial charge in [0.15, 0.2) is 11.5 Å². The molecule has 0 unspecified atom stereocenters. The Labute approximate surface area is 209 Å². The van der Waals surface area contributed by atoms with Crippen LogP contribution >= 0.6 is 0 Å². The van der Waals surface area contributed by atoms with E-state index in [4.69, 9.17) is 9.47 Å². The third-order valence-corrected chi connectivity index (χ3v) is 8.76. The molecule has 0 aromatic heterocycles. The van der Waals surface area contributed by atoms with Gasteiger partial charge in [-0.3, -0.25) is 14.6 Å². The molecule has 188 valence electrons. The lowest BCUT2D eigenvalue weighted by molar-refractivity contribution is -0.116. The summed E-state index contributed by atoms with van der Waals surface area (Å²) in [6, 6.07) is 7.21. The standard InChI is InChI=1S/C29H39N3O3/c33-28(11-9-21-8-10-26-27(16-21)35-20-34-26)30-12-2-4-13-31-15-5-6-22-17-23-18-24(29(22)31)19-32-14-3-1-7-25(23)32/h8-11,16-17,23-25,29H,1-7,12-15,18-20H2,(H,30,33)/b11-9+/t23-,24+,25+,29+/m0/s1. The molecule has 3 saturated heterocycles. The summed E-state index contributed by atoms with van der Waals surface area (Å²) in [6.45, 7) is 6.00. The molecule has 4 aliphatic heterocycles. The number of likely N-dealkylation sites (tertiary alicyclic amines) is 1. The summed E-state index contributed by atoms with van der Waals surface area (Å²) < 4.78 is 10.7. The lowest BCUT2D eigenvalue weighted by atomic mass is 9.68. The van der Waals surface area contributed by atoms with Crippen molar-refractivity contribution in [3.05, 3.63) is 41.5 Å². The normalized spacial score (nSPS) is 30.0. The summed E-state index contributed by atoms with van der Waals surface area (Å²) in [5.41, 5.74) is 2.69. The van der Waals surface area contributed by atoms with Crippen LogP contribution in [0.25, 0.3) is 6.08 Å². The van der Waals surface area contributed by atoms with Crippen molar-refractivity contribution in [3.63, 3.8) is 0 Å². The lowest BCUT2D eigenvalue weighted by Gasteiger charge is -2.55. The van der Waals surface area contributed by atoms with Gasteiger partial charge in [-0.25, -0.2) is 0 Å². The maximum atomic E-state index is 12.3. The third kappa shape index (κ3) is 5.01. The minimum absolute atomic E-state index is 0.0394. The fourth-order valence-corrected chi connectivity index (χ4v) is 7.23. The SMILES string of the molecule is O=C(/C=C/c1ccc2c(c1)OCO2)NCCCCN1CCCC2=C[C@H]3C[C@H](CN4CCCC[C@H]34)[C@@H]21. The average Bonchev–Trinajstić information content (AvgIpc) is 3.35. The van der Waals surface area contributed by atoms with Gasteiger partial charge in [0.25, 0.3) is 0 Å². The van der Waals surface area contributed by atoms with Crippen molar-refractivity contribution >= 4 is 12.0 Å². The van der Waals surface area contributed by atoms with Gasteiger partial charge in [0, 0.05) is 31.2 Å². The topological polar surface area (TPSA) is 54.0 Å². The Bertz CT molecular complexity index is 989. The van der Waals surface area contributed by atoms with Crippen LogP contribution in [-0.4, -0.2) is 67.3 Å². The van der Waals surface area contributed by atoms with Crippen LogP contribution in [0.5, 0.6) is 11.5 Å². The Morgan fingerprint density at radius 3 is 3.03 bits per heavy atom. The van der Waals surface area contributed by atoms with Gasteiger partial charge < -0.3 is 14.8 Å². The quantitative estimate of drug-likeness (QED) is 0.362. The number of nitrogens with zero attached hydrogens (tertiary/aromatic N) is 2. The van der Waals surface area contributed by atoms with E-state index in [1.165, 1.54) is 58.2 Å². The highest BCUT2D eigenvalue weighted by atomic mass is 16.7. The van der Waals surface area contributed by atoms with E-state index in [1.807, 2.05) is 24.3 Å². The van der Waals surface area contributed by atoms with E-state index >= 15 is 0 Å². The number of hydrogen-bond acceptors (Lipinski definition) is 5. The Hall–Kier alpha value is -2.31. The highest BCUT2D eigenvalue weighted by molar-refractivity contribution is 5.91. The summed E-state index contributed by atoms with van der Waals surface area (Å²) in [5.74, 6) is 3.08. The molecule has 1 aromatic rings. The highest BCUT2D eigenvalue weighted by Crippen LogP contribution is 2.45. The molecule has 5 aliphatic rings. The monoisotopic (exact) mass is 477 g/mol. The molecular formula is C29H39N3O3. The van der Waals surface area contributed by atoms with E-state index in [1.54, 1.807) is 11.6 Å². The predicted octanol–water partition coefficient (Wildman–Crippen LogP) is 4.22. The Morgan fingerprint density at radius 1 is 1.11 bits per heavy atom. The summed E-state index contributed by atoms with van der Waals surface area (Å²) >= 11 is 0. The minimum atomic E-state index is -0.0394. The minimum Gasteiger partial charge on any atom is -0.454 e. The first-order valence-electron chi connectivity index (χ1n) is 13.8. The van der Waals surface area contributed by atoms with E-state index in [0.29, 0.717) is 6.04 Å². The molecule has 2 bridgehead atoms. The number of fused-ring (bicyclic) bond motifs is 7. The van der Waals surface area contributed by atoms with E-state index < -0.39 is 0 Å². The van der Waals surface area contributed by atoms with E-state index in [2.05, 4.69) is 21.2 Å². The molecule has 0 saturated carbocycles. The number of amides is 1. The summed E-state index contributed by atoms with van der Waals surface area (Å²) in [6.07, 6.45) is 16.5. The van der Waals surface area contributed by atoms with Gasteiger partial charge in [-0.2, -0.15) is 0 Å². The van der Waals surface area contributed by atoms with Crippen molar-refractivity contribution in [2.45, 2.75) is 63.5 Å². The number of nitrogens with one attached hydrogen (secondary N) is 1. The van der Waals surface area contributed by atoms with Gasteiger partial charge in [-0.05, 0) is 100 Å². The van der Waals surface area contributed by atoms with Crippen LogP contribution in [0, 0.1) is 11.8 Å². The van der Waals surface area contributed by atoms with Gasteiger partial charge in [-0.15, -0.1) is 0 Å². The molecule has 1 aromatic carbocycles.